The van der Waals surface area contributed by atoms with Crippen molar-refractivity contribution in [2.45, 2.75) is 85.2 Å². The molecule has 1 aromatic heterocycles. The molecule has 5 atom stereocenters. The Balaban J connectivity index is 2.27. The second-order valence-electron chi connectivity index (χ2n) is 9.48. The third-order valence-electron chi connectivity index (χ3n) is 6.35. The molecule has 0 aromatic carbocycles. The number of hydrogen-bond donors (Lipinski definition) is 3. The predicted molar refractivity (Wildman–Crippen MR) is 131 cm³/mol. The van der Waals surface area contributed by atoms with E-state index >= 15 is 0 Å². The molecule has 2 heterocycles. The average molecular weight is 479 g/mol. The van der Waals surface area contributed by atoms with Gasteiger partial charge in [-0.25, -0.2) is 4.98 Å². The van der Waals surface area contributed by atoms with Crippen LogP contribution in [-0.4, -0.2) is 57.8 Å². The number of ether oxygens (including phenoxy) is 1. The van der Waals surface area contributed by atoms with E-state index in [4.69, 9.17) is 4.74 Å². The number of aliphatic hydroxyl groups is 2. The zero-order chi connectivity index (χ0) is 24.8. The van der Waals surface area contributed by atoms with Crippen LogP contribution in [0.4, 0.5) is 0 Å². The highest BCUT2D eigenvalue weighted by Gasteiger charge is 2.42. The molecule has 184 valence electrons. The molecule has 1 aliphatic heterocycles. The van der Waals surface area contributed by atoms with Gasteiger partial charge in [0.05, 0.1) is 34.7 Å². The zero-order valence-electron chi connectivity index (χ0n) is 20.5. The standard InChI is InChI=1S/C25H38N2O5S/c1-15(12-19-14-33-18(4)27-19)20-10-8-7-9-11-26-17(3)23(30)16(2)24(31)25(5,6)21(28)13-22(29)32-20/h7-8,12,14,16-17,20-21,23,26,28,30H,9-11,13H2,1-6H3/b8-7-,15-12+/t16-,17-,20?,21+,23+/m1/s1. The first-order chi connectivity index (χ1) is 15.4. The topological polar surface area (TPSA) is 109 Å². The number of thiazole rings is 1. The van der Waals surface area contributed by atoms with Gasteiger partial charge in [-0.15, -0.1) is 11.3 Å². The van der Waals surface area contributed by atoms with Crippen molar-refractivity contribution in [3.05, 3.63) is 33.8 Å². The number of nitrogens with one attached hydrogen (secondary N) is 1. The summed E-state index contributed by atoms with van der Waals surface area (Å²) in [4.78, 5) is 30.3. The van der Waals surface area contributed by atoms with Crippen LogP contribution in [0.1, 0.15) is 64.6 Å². The lowest BCUT2D eigenvalue weighted by Gasteiger charge is -2.34. The lowest BCUT2D eigenvalue weighted by atomic mass is 9.74. The second kappa shape index (κ2) is 12.0. The minimum Gasteiger partial charge on any atom is -0.457 e. The molecule has 2 rings (SSSR count). The minimum atomic E-state index is -1.23. The SMILES string of the molecule is C/C(=C\c1csc(C)n1)C1C/C=C\CCN[C@H](C)[C@@H](O)[C@@H](C)C(=O)C(C)(C)[C@@H](O)CC(=O)O1. The van der Waals surface area contributed by atoms with Crippen molar-refractivity contribution in [3.63, 3.8) is 0 Å². The Morgan fingerprint density at radius 1 is 1.27 bits per heavy atom. The van der Waals surface area contributed by atoms with Gasteiger partial charge in [-0.1, -0.05) is 32.9 Å². The number of carbonyl (C=O) groups excluding carboxylic acids is 2. The van der Waals surface area contributed by atoms with Gasteiger partial charge in [0.25, 0.3) is 0 Å². The Hall–Kier alpha value is -1.87. The third-order valence-corrected chi connectivity index (χ3v) is 7.15. The molecule has 0 saturated heterocycles. The quantitative estimate of drug-likeness (QED) is 0.441. The van der Waals surface area contributed by atoms with E-state index in [9.17, 15) is 19.8 Å². The van der Waals surface area contributed by atoms with Gasteiger partial charge < -0.3 is 20.3 Å². The number of ketones is 1. The molecule has 0 fully saturated rings. The van der Waals surface area contributed by atoms with E-state index in [0.717, 1.165) is 22.7 Å². The van der Waals surface area contributed by atoms with Crippen LogP contribution in [0, 0.1) is 18.3 Å². The second-order valence-corrected chi connectivity index (χ2v) is 10.5. The van der Waals surface area contributed by atoms with E-state index in [1.165, 1.54) is 0 Å². The third kappa shape index (κ3) is 7.57. The van der Waals surface area contributed by atoms with Gasteiger partial charge >= 0.3 is 5.97 Å². The van der Waals surface area contributed by atoms with Crippen LogP contribution in [-0.2, 0) is 14.3 Å². The van der Waals surface area contributed by atoms with Crippen LogP contribution in [0.5, 0.6) is 0 Å². The van der Waals surface area contributed by atoms with E-state index in [0.29, 0.717) is 13.0 Å². The van der Waals surface area contributed by atoms with E-state index in [1.807, 2.05) is 44.4 Å². The molecule has 7 nitrogen and oxygen atoms in total. The lowest BCUT2D eigenvalue weighted by molar-refractivity contribution is -0.154. The number of carbonyl (C=O) groups is 2. The molecule has 0 aliphatic carbocycles. The fourth-order valence-corrected chi connectivity index (χ4v) is 4.48. The van der Waals surface area contributed by atoms with Crippen LogP contribution >= 0.6 is 11.3 Å². The van der Waals surface area contributed by atoms with E-state index < -0.39 is 35.6 Å². The largest absolute Gasteiger partial charge is 0.457 e. The predicted octanol–water partition coefficient (Wildman–Crippen LogP) is 3.44. The maximum absolute atomic E-state index is 13.1. The summed E-state index contributed by atoms with van der Waals surface area (Å²) in [7, 11) is 0. The van der Waals surface area contributed by atoms with Gasteiger partial charge in [-0.3, -0.25) is 9.59 Å². The first-order valence-electron chi connectivity index (χ1n) is 11.5. The Bertz CT molecular complexity index is 876. The molecule has 0 radical (unpaired) electrons. The van der Waals surface area contributed by atoms with Crippen molar-refractivity contribution >= 4 is 29.2 Å². The normalized spacial score (nSPS) is 31.8. The molecule has 1 unspecified atom stereocenters. The molecule has 0 saturated carbocycles. The monoisotopic (exact) mass is 478 g/mol. The summed E-state index contributed by atoms with van der Waals surface area (Å²) in [5, 5.41) is 27.6. The molecular weight excluding hydrogens is 440 g/mol. The molecule has 8 heteroatoms. The van der Waals surface area contributed by atoms with Crippen molar-refractivity contribution < 1.29 is 24.5 Å². The number of rotatable bonds is 2. The molecule has 0 amide bonds. The number of cyclic esters (lactones) is 1. The van der Waals surface area contributed by atoms with Gasteiger partial charge in [-0.2, -0.15) is 0 Å². The fourth-order valence-electron chi connectivity index (χ4n) is 3.91. The lowest BCUT2D eigenvalue weighted by Crippen LogP contribution is -2.49. The van der Waals surface area contributed by atoms with Gasteiger partial charge in [0, 0.05) is 23.8 Å². The Labute approximate surface area is 201 Å². The Morgan fingerprint density at radius 3 is 2.61 bits per heavy atom. The van der Waals surface area contributed by atoms with E-state index in [2.05, 4.69) is 10.3 Å². The number of Topliss-reactive ketones (excluding diaryl/α,β-unsaturated/α-hetero) is 1. The van der Waals surface area contributed by atoms with Crippen molar-refractivity contribution in [1.82, 2.24) is 10.3 Å². The number of hydrogen-bond acceptors (Lipinski definition) is 8. The van der Waals surface area contributed by atoms with Crippen LogP contribution in [0.25, 0.3) is 6.08 Å². The van der Waals surface area contributed by atoms with Gasteiger partial charge in [0.2, 0.25) is 0 Å². The fraction of sp³-hybridized carbons (Fsp3) is 0.640. The molecular formula is C25H38N2O5S. The van der Waals surface area contributed by atoms with E-state index in [1.54, 1.807) is 32.1 Å². The van der Waals surface area contributed by atoms with Gasteiger partial charge in [0.1, 0.15) is 11.9 Å². The molecule has 0 spiro atoms. The number of esters is 1. The zero-order valence-corrected chi connectivity index (χ0v) is 21.3. The smallest absolute Gasteiger partial charge is 0.309 e. The highest BCUT2D eigenvalue weighted by molar-refractivity contribution is 7.09. The summed E-state index contributed by atoms with van der Waals surface area (Å²) in [6, 6.07) is -0.289. The first-order valence-corrected chi connectivity index (χ1v) is 12.4. The van der Waals surface area contributed by atoms with Crippen LogP contribution < -0.4 is 5.32 Å². The van der Waals surface area contributed by atoms with Crippen molar-refractivity contribution in [3.8, 4) is 0 Å². The summed E-state index contributed by atoms with van der Waals surface area (Å²) in [6.07, 6.45) is 4.17. The summed E-state index contributed by atoms with van der Waals surface area (Å²) >= 11 is 1.55. The highest BCUT2D eigenvalue weighted by Crippen LogP contribution is 2.30. The van der Waals surface area contributed by atoms with E-state index in [-0.39, 0.29) is 18.2 Å². The molecule has 33 heavy (non-hydrogen) atoms. The molecule has 3 N–H and O–H groups in total. The van der Waals surface area contributed by atoms with Gasteiger partial charge in [-0.05, 0) is 45.4 Å². The highest BCUT2D eigenvalue weighted by atomic mass is 32.1. The number of aliphatic hydroxyl groups excluding tert-OH is 2. The summed E-state index contributed by atoms with van der Waals surface area (Å²) < 4.78 is 5.74. The van der Waals surface area contributed by atoms with Crippen molar-refractivity contribution in [2.24, 2.45) is 11.3 Å². The summed E-state index contributed by atoms with van der Waals surface area (Å²) in [6.45, 7) is 11.2. The number of aromatic nitrogens is 1. The minimum absolute atomic E-state index is 0.289. The maximum atomic E-state index is 13.1. The Kier molecular flexibility index (Phi) is 9.97. The van der Waals surface area contributed by atoms with Crippen molar-refractivity contribution in [1.29, 1.82) is 0 Å². The Morgan fingerprint density at radius 2 is 1.97 bits per heavy atom. The van der Waals surface area contributed by atoms with Crippen LogP contribution in [0.3, 0.4) is 0 Å². The first kappa shape index (κ1) is 27.4. The molecule has 1 aliphatic rings. The average Bonchev–Trinajstić information content (AvgIpc) is 3.16. The van der Waals surface area contributed by atoms with Gasteiger partial charge in [0.15, 0.2) is 0 Å². The summed E-state index contributed by atoms with van der Waals surface area (Å²) in [5.41, 5.74) is 0.460. The van der Waals surface area contributed by atoms with Crippen LogP contribution in [0.2, 0.25) is 0 Å². The molecule has 1 aromatic rings. The van der Waals surface area contributed by atoms with Crippen LogP contribution in [0.15, 0.2) is 23.1 Å². The summed E-state index contributed by atoms with van der Waals surface area (Å²) in [5.74, 6) is -1.56. The van der Waals surface area contributed by atoms with Crippen molar-refractivity contribution in [2.75, 3.05) is 6.54 Å². The maximum Gasteiger partial charge on any atom is 0.309 e. The molecule has 0 bridgehead atoms. The number of nitrogens with zero attached hydrogens (tertiary/aromatic N) is 1. The number of aryl methyl sites for hydroxylation is 1.